The van der Waals surface area contributed by atoms with Gasteiger partial charge in [0, 0.05) is 31.6 Å². The molecule has 3 rings (SSSR count). The maximum absolute atomic E-state index is 12.4. The van der Waals surface area contributed by atoms with Gasteiger partial charge in [0.2, 0.25) is 5.91 Å². The summed E-state index contributed by atoms with van der Waals surface area (Å²) in [6.07, 6.45) is 3.51. The molecule has 0 aliphatic carbocycles. The lowest BCUT2D eigenvalue weighted by Gasteiger charge is -2.27. The molecule has 0 bridgehead atoms. The third-order valence-corrected chi connectivity index (χ3v) is 5.00. The van der Waals surface area contributed by atoms with Gasteiger partial charge in [-0.1, -0.05) is 6.92 Å². The first-order valence-electron chi connectivity index (χ1n) is 9.58. The summed E-state index contributed by atoms with van der Waals surface area (Å²) in [6, 6.07) is 7.44. The summed E-state index contributed by atoms with van der Waals surface area (Å²) in [5, 5.41) is 0. The van der Waals surface area contributed by atoms with E-state index in [1.54, 1.807) is 0 Å². The van der Waals surface area contributed by atoms with Gasteiger partial charge in [-0.25, -0.2) is 0 Å². The monoisotopic (exact) mass is 360 g/mol. The van der Waals surface area contributed by atoms with Crippen molar-refractivity contribution in [3.63, 3.8) is 0 Å². The first-order valence-corrected chi connectivity index (χ1v) is 9.58. The van der Waals surface area contributed by atoms with Crippen molar-refractivity contribution < 1.29 is 19.1 Å². The topological polar surface area (TPSA) is 59.1 Å². The van der Waals surface area contributed by atoms with Crippen molar-refractivity contribution in [3.05, 3.63) is 29.8 Å². The molecule has 26 heavy (non-hydrogen) atoms. The molecule has 1 unspecified atom stereocenters. The van der Waals surface area contributed by atoms with Crippen LogP contribution in [0.5, 0.6) is 5.75 Å². The number of carbonyl (C=O) groups excluding carboxylic acids is 2. The minimum Gasteiger partial charge on any atom is -0.491 e. The first-order chi connectivity index (χ1) is 12.7. The number of ether oxygens (including phenoxy) is 2. The van der Waals surface area contributed by atoms with Crippen molar-refractivity contribution in [2.45, 2.75) is 38.6 Å². The van der Waals surface area contributed by atoms with Crippen molar-refractivity contribution in [1.82, 2.24) is 9.80 Å². The Labute approximate surface area is 155 Å². The molecule has 1 aromatic carbocycles. The fourth-order valence-corrected chi connectivity index (χ4v) is 3.53. The van der Waals surface area contributed by atoms with Gasteiger partial charge in [-0.3, -0.25) is 9.59 Å². The van der Waals surface area contributed by atoms with Crippen LogP contribution in [0.3, 0.4) is 0 Å². The zero-order valence-corrected chi connectivity index (χ0v) is 15.5. The van der Waals surface area contributed by atoms with E-state index in [1.165, 1.54) is 0 Å². The average molecular weight is 360 g/mol. The van der Waals surface area contributed by atoms with Crippen molar-refractivity contribution >= 4 is 11.8 Å². The van der Waals surface area contributed by atoms with E-state index in [4.69, 9.17) is 9.47 Å². The van der Waals surface area contributed by atoms with E-state index in [0.29, 0.717) is 44.9 Å². The minimum absolute atomic E-state index is 0.0342. The molecule has 1 atom stereocenters. The fourth-order valence-electron chi connectivity index (χ4n) is 3.53. The van der Waals surface area contributed by atoms with Gasteiger partial charge in [-0.15, -0.1) is 0 Å². The zero-order valence-electron chi connectivity index (χ0n) is 15.5. The van der Waals surface area contributed by atoms with E-state index in [-0.39, 0.29) is 17.9 Å². The van der Waals surface area contributed by atoms with Crippen LogP contribution in [-0.4, -0.2) is 67.1 Å². The number of likely N-dealkylation sites (tertiary alicyclic amines) is 1. The summed E-state index contributed by atoms with van der Waals surface area (Å²) in [6.45, 7) is 5.84. The van der Waals surface area contributed by atoms with Crippen LogP contribution in [0.1, 0.15) is 43.0 Å². The van der Waals surface area contributed by atoms with Gasteiger partial charge in [-0.2, -0.15) is 0 Å². The Morgan fingerprint density at radius 1 is 1.15 bits per heavy atom. The Morgan fingerprint density at radius 3 is 2.58 bits per heavy atom. The lowest BCUT2D eigenvalue weighted by Crippen LogP contribution is -2.40. The molecule has 1 aromatic rings. The molecule has 2 saturated heterocycles. The second-order valence-electron chi connectivity index (χ2n) is 6.87. The highest BCUT2D eigenvalue weighted by Crippen LogP contribution is 2.21. The molecule has 0 spiro atoms. The lowest BCUT2D eigenvalue weighted by atomic mass is 10.2. The molecule has 2 heterocycles. The summed E-state index contributed by atoms with van der Waals surface area (Å²) in [5.74, 6) is 0.996. The third kappa shape index (κ3) is 4.55. The Morgan fingerprint density at radius 2 is 1.88 bits per heavy atom. The first kappa shape index (κ1) is 18.7. The molecule has 0 saturated carbocycles. The third-order valence-electron chi connectivity index (χ3n) is 5.00. The molecule has 6 heteroatoms. The van der Waals surface area contributed by atoms with Gasteiger partial charge < -0.3 is 19.3 Å². The van der Waals surface area contributed by atoms with E-state index >= 15 is 0 Å². The van der Waals surface area contributed by atoms with Gasteiger partial charge in [0.05, 0.1) is 19.3 Å². The van der Waals surface area contributed by atoms with Crippen LogP contribution >= 0.6 is 0 Å². The molecular formula is C20H28N2O4. The summed E-state index contributed by atoms with van der Waals surface area (Å²) in [5.41, 5.74) is 0.667. The van der Waals surface area contributed by atoms with Gasteiger partial charge >= 0.3 is 0 Å². The Bertz CT molecular complexity index is 611. The van der Waals surface area contributed by atoms with Crippen molar-refractivity contribution in [3.8, 4) is 5.75 Å². The standard InChI is InChI=1S/C20H28N2O4/c1-2-4-19(23)22-10-3-5-17(22)15-26-18-8-6-16(7-9-18)20(24)21-11-13-25-14-12-21/h6-9,17H,2-5,10-15H2,1H3. The van der Waals surface area contributed by atoms with Crippen molar-refractivity contribution in [1.29, 1.82) is 0 Å². The van der Waals surface area contributed by atoms with E-state index in [9.17, 15) is 9.59 Å². The molecule has 0 radical (unpaired) electrons. The number of nitrogens with zero attached hydrogens (tertiary/aromatic N) is 2. The van der Waals surface area contributed by atoms with Crippen molar-refractivity contribution in [2.75, 3.05) is 39.5 Å². The van der Waals surface area contributed by atoms with E-state index in [2.05, 4.69) is 0 Å². The Hall–Kier alpha value is -2.08. The second-order valence-corrected chi connectivity index (χ2v) is 6.87. The lowest BCUT2D eigenvalue weighted by molar-refractivity contribution is -0.132. The molecular weight excluding hydrogens is 332 g/mol. The molecule has 142 valence electrons. The smallest absolute Gasteiger partial charge is 0.254 e. The number of morpholine rings is 1. The van der Waals surface area contributed by atoms with Crippen LogP contribution in [0, 0.1) is 0 Å². The molecule has 2 aliphatic heterocycles. The van der Waals surface area contributed by atoms with E-state index < -0.39 is 0 Å². The largest absolute Gasteiger partial charge is 0.491 e. The van der Waals surface area contributed by atoms with Gasteiger partial charge in [0.1, 0.15) is 12.4 Å². The quantitative estimate of drug-likeness (QED) is 0.781. The Balaban J connectivity index is 1.52. The van der Waals surface area contributed by atoms with Crippen LogP contribution in [0.4, 0.5) is 0 Å². The van der Waals surface area contributed by atoms with Crippen LogP contribution in [0.2, 0.25) is 0 Å². The minimum atomic E-state index is 0.0342. The number of hydrogen-bond donors (Lipinski definition) is 0. The number of hydrogen-bond acceptors (Lipinski definition) is 4. The maximum atomic E-state index is 12.4. The zero-order chi connectivity index (χ0) is 18.4. The fraction of sp³-hybridized carbons (Fsp3) is 0.600. The van der Waals surface area contributed by atoms with Gasteiger partial charge in [0.15, 0.2) is 0 Å². The molecule has 2 amide bonds. The van der Waals surface area contributed by atoms with Crippen LogP contribution in [0.25, 0.3) is 0 Å². The molecule has 2 fully saturated rings. The van der Waals surface area contributed by atoms with E-state index in [1.807, 2.05) is 41.0 Å². The molecule has 6 nitrogen and oxygen atoms in total. The number of amides is 2. The SMILES string of the molecule is CCCC(=O)N1CCCC1COc1ccc(C(=O)N2CCOCC2)cc1. The molecule has 2 aliphatic rings. The van der Waals surface area contributed by atoms with Crippen LogP contribution in [-0.2, 0) is 9.53 Å². The summed E-state index contributed by atoms with van der Waals surface area (Å²) >= 11 is 0. The van der Waals surface area contributed by atoms with Crippen LogP contribution < -0.4 is 4.74 Å². The number of benzene rings is 1. The average Bonchev–Trinajstić information content (AvgIpc) is 3.16. The second kappa shape index (κ2) is 9.03. The predicted molar refractivity (Wildman–Crippen MR) is 98.3 cm³/mol. The molecule has 0 N–H and O–H groups in total. The van der Waals surface area contributed by atoms with Gasteiger partial charge in [0.25, 0.3) is 5.91 Å². The highest BCUT2D eigenvalue weighted by atomic mass is 16.5. The summed E-state index contributed by atoms with van der Waals surface area (Å²) < 4.78 is 11.2. The number of rotatable bonds is 6. The number of carbonyl (C=O) groups is 2. The van der Waals surface area contributed by atoms with Gasteiger partial charge in [-0.05, 0) is 43.5 Å². The van der Waals surface area contributed by atoms with Crippen LogP contribution in [0.15, 0.2) is 24.3 Å². The predicted octanol–water partition coefficient (Wildman–Crippen LogP) is 2.33. The Kier molecular flexibility index (Phi) is 6.50. The van der Waals surface area contributed by atoms with E-state index in [0.717, 1.165) is 31.6 Å². The summed E-state index contributed by atoms with van der Waals surface area (Å²) in [4.78, 5) is 28.4. The highest BCUT2D eigenvalue weighted by molar-refractivity contribution is 5.94. The normalized spacial score (nSPS) is 20.3. The van der Waals surface area contributed by atoms with Crippen molar-refractivity contribution in [2.24, 2.45) is 0 Å². The maximum Gasteiger partial charge on any atom is 0.254 e. The molecule has 0 aromatic heterocycles. The highest BCUT2D eigenvalue weighted by Gasteiger charge is 2.28. The summed E-state index contributed by atoms with van der Waals surface area (Å²) in [7, 11) is 0.